The van der Waals surface area contributed by atoms with Gasteiger partial charge in [0.1, 0.15) is 12.6 Å². The molecule has 5 heteroatoms. The van der Waals surface area contributed by atoms with Crippen LogP contribution in [0.5, 0.6) is 0 Å². The molecule has 5 nitrogen and oxygen atoms in total. The Hall–Kier alpha value is -2.92. The maximum Gasteiger partial charge on any atom is 0.417 e. The SMILES string of the molecule is O=C(/C=C/COCc1ccccc1)N1C(=O)OC[C@@H]1c1ccccc1. The van der Waals surface area contributed by atoms with Gasteiger partial charge >= 0.3 is 6.09 Å². The highest BCUT2D eigenvalue weighted by atomic mass is 16.6. The van der Waals surface area contributed by atoms with Gasteiger partial charge in [-0.05, 0) is 11.1 Å². The van der Waals surface area contributed by atoms with E-state index in [-0.39, 0.29) is 6.61 Å². The molecule has 0 radical (unpaired) electrons. The molecule has 3 rings (SSSR count). The molecule has 128 valence electrons. The van der Waals surface area contributed by atoms with Gasteiger partial charge in [0.2, 0.25) is 0 Å². The number of hydrogen-bond acceptors (Lipinski definition) is 4. The van der Waals surface area contributed by atoms with E-state index in [1.54, 1.807) is 6.08 Å². The van der Waals surface area contributed by atoms with Crippen LogP contribution in [-0.4, -0.2) is 30.1 Å². The zero-order valence-corrected chi connectivity index (χ0v) is 13.7. The summed E-state index contributed by atoms with van der Waals surface area (Å²) >= 11 is 0. The van der Waals surface area contributed by atoms with E-state index in [0.29, 0.717) is 13.2 Å². The van der Waals surface area contributed by atoms with E-state index >= 15 is 0 Å². The molecule has 0 N–H and O–H groups in total. The minimum absolute atomic E-state index is 0.174. The summed E-state index contributed by atoms with van der Waals surface area (Å²) in [6.07, 6.45) is 2.35. The van der Waals surface area contributed by atoms with Gasteiger partial charge in [-0.3, -0.25) is 4.79 Å². The van der Waals surface area contributed by atoms with Crippen molar-refractivity contribution in [3.63, 3.8) is 0 Å². The molecule has 1 saturated heterocycles. The summed E-state index contributed by atoms with van der Waals surface area (Å²) in [5.74, 6) is -0.403. The Morgan fingerprint density at radius 2 is 1.80 bits per heavy atom. The van der Waals surface area contributed by atoms with E-state index in [1.165, 1.54) is 6.08 Å². The third-order valence-electron chi connectivity index (χ3n) is 3.88. The summed E-state index contributed by atoms with van der Waals surface area (Å²) in [6, 6.07) is 18.8. The molecule has 0 spiro atoms. The van der Waals surface area contributed by atoms with Crippen LogP contribution in [0, 0.1) is 0 Å². The fraction of sp³-hybridized carbons (Fsp3) is 0.200. The quantitative estimate of drug-likeness (QED) is 0.598. The summed E-state index contributed by atoms with van der Waals surface area (Å²) in [5, 5.41) is 0. The van der Waals surface area contributed by atoms with E-state index in [9.17, 15) is 9.59 Å². The molecule has 2 amide bonds. The van der Waals surface area contributed by atoms with E-state index in [1.807, 2.05) is 60.7 Å². The van der Waals surface area contributed by atoms with Gasteiger partial charge in [-0.2, -0.15) is 0 Å². The number of carbonyl (C=O) groups is 2. The first-order chi connectivity index (χ1) is 12.3. The number of cyclic esters (lactones) is 1. The van der Waals surface area contributed by atoms with Gasteiger partial charge in [-0.1, -0.05) is 66.7 Å². The first kappa shape index (κ1) is 16.9. The Kier molecular flexibility index (Phi) is 5.59. The van der Waals surface area contributed by atoms with Crippen LogP contribution >= 0.6 is 0 Å². The van der Waals surface area contributed by atoms with Crippen LogP contribution in [0.4, 0.5) is 4.79 Å². The number of carbonyl (C=O) groups excluding carboxylic acids is 2. The van der Waals surface area contributed by atoms with Crippen molar-refractivity contribution in [3.05, 3.63) is 83.9 Å². The molecule has 1 atom stereocenters. The molecule has 0 aromatic heterocycles. The highest BCUT2D eigenvalue weighted by Crippen LogP contribution is 2.27. The Labute approximate surface area is 146 Å². The minimum atomic E-state index is -0.617. The number of imide groups is 1. The third-order valence-corrected chi connectivity index (χ3v) is 3.88. The highest BCUT2D eigenvalue weighted by Gasteiger charge is 2.37. The molecular weight excluding hydrogens is 318 g/mol. The Balaban J connectivity index is 1.55. The maximum absolute atomic E-state index is 12.4. The molecule has 2 aromatic carbocycles. The summed E-state index contributed by atoms with van der Waals surface area (Å²) in [4.78, 5) is 25.4. The van der Waals surface area contributed by atoms with Crippen LogP contribution in [0.2, 0.25) is 0 Å². The smallest absolute Gasteiger partial charge is 0.417 e. The van der Waals surface area contributed by atoms with Crippen LogP contribution < -0.4 is 0 Å². The van der Waals surface area contributed by atoms with Crippen LogP contribution in [0.25, 0.3) is 0 Å². The molecule has 25 heavy (non-hydrogen) atoms. The average molecular weight is 337 g/mol. The highest BCUT2D eigenvalue weighted by molar-refractivity contribution is 5.99. The zero-order valence-electron chi connectivity index (χ0n) is 13.7. The van der Waals surface area contributed by atoms with Gasteiger partial charge in [0.25, 0.3) is 5.91 Å². The van der Waals surface area contributed by atoms with E-state index in [0.717, 1.165) is 16.0 Å². The lowest BCUT2D eigenvalue weighted by atomic mass is 10.1. The Morgan fingerprint density at radius 3 is 2.52 bits per heavy atom. The van der Waals surface area contributed by atoms with Crippen LogP contribution in [-0.2, 0) is 20.9 Å². The summed E-state index contributed by atoms with van der Waals surface area (Å²) in [6.45, 7) is 0.935. The van der Waals surface area contributed by atoms with Crippen molar-refractivity contribution in [2.45, 2.75) is 12.6 Å². The van der Waals surface area contributed by atoms with Crippen molar-refractivity contribution in [2.75, 3.05) is 13.2 Å². The molecule has 0 aliphatic carbocycles. The van der Waals surface area contributed by atoms with E-state index < -0.39 is 18.0 Å². The van der Waals surface area contributed by atoms with Crippen LogP contribution in [0.15, 0.2) is 72.8 Å². The zero-order chi connectivity index (χ0) is 17.5. The molecule has 0 saturated carbocycles. The number of amides is 2. The predicted octanol–water partition coefficient (Wildman–Crippen LogP) is 3.48. The van der Waals surface area contributed by atoms with Crippen molar-refractivity contribution >= 4 is 12.0 Å². The van der Waals surface area contributed by atoms with E-state index in [4.69, 9.17) is 9.47 Å². The van der Waals surface area contributed by atoms with Crippen LogP contribution in [0.3, 0.4) is 0 Å². The molecular formula is C20H19NO4. The lowest BCUT2D eigenvalue weighted by molar-refractivity contribution is -0.124. The fourth-order valence-corrected chi connectivity index (χ4v) is 2.63. The normalized spacial score (nSPS) is 17.0. The van der Waals surface area contributed by atoms with E-state index in [2.05, 4.69) is 0 Å². The first-order valence-corrected chi connectivity index (χ1v) is 8.09. The monoisotopic (exact) mass is 337 g/mol. The first-order valence-electron chi connectivity index (χ1n) is 8.09. The molecule has 1 aliphatic rings. The Morgan fingerprint density at radius 1 is 1.12 bits per heavy atom. The minimum Gasteiger partial charge on any atom is -0.446 e. The van der Waals surface area contributed by atoms with Crippen molar-refractivity contribution in [1.82, 2.24) is 4.90 Å². The standard InChI is InChI=1S/C20H19NO4/c22-19(12-7-13-24-14-16-8-3-1-4-9-16)21-18(15-25-20(21)23)17-10-5-2-6-11-17/h1-12,18H,13-15H2/b12-7+/t18-/m1/s1. The second-order valence-corrected chi connectivity index (χ2v) is 5.61. The second kappa shape index (κ2) is 8.26. The van der Waals surface area contributed by atoms with Gasteiger partial charge in [0, 0.05) is 6.08 Å². The number of ether oxygens (including phenoxy) is 2. The molecule has 2 aromatic rings. The van der Waals surface area contributed by atoms with Crippen molar-refractivity contribution in [2.24, 2.45) is 0 Å². The summed E-state index contributed by atoms with van der Waals surface area (Å²) in [7, 11) is 0. The fourth-order valence-electron chi connectivity index (χ4n) is 2.63. The number of hydrogen-bond donors (Lipinski definition) is 0. The number of nitrogens with zero attached hydrogens (tertiary/aromatic N) is 1. The number of benzene rings is 2. The van der Waals surface area contributed by atoms with Gasteiger partial charge in [0.05, 0.1) is 13.2 Å². The lowest BCUT2D eigenvalue weighted by Gasteiger charge is -2.18. The maximum atomic E-state index is 12.4. The predicted molar refractivity (Wildman–Crippen MR) is 92.6 cm³/mol. The molecule has 0 bridgehead atoms. The average Bonchev–Trinajstić information content (AvgIpc) is 3.04. The van der Waals surface area contributed by atoms with Crippen molar-refractivity contribution < 1.29 is 19.1 Å². The van der Waals surface area contributed by atoms with Crippen molar-refractivity contribution in [1.29, 1.82) is 0 Å². The van der Waals surface area contributed by atoms with Gasteiger partial charge in [-0.15, -0.1) is 0 Å². The topological polar surface area (TPSA) is 55.8 Å². The molecule has 1 heterocycles. The third kappa shape index (κ3) is 4.33. The summed E-state index contributed by atoms with van der Waals surface area (Å²) in [5.41, 5.74) is 1.94. The van der Waals surface area contributed by atoms with Crippen LogP contribution in [0.1, 0.15) is 17.2 Å². The Bertz CT molecular complexity index is 743. The largest absolute Gasteiger partial charge is 0.446 e. The molecule has 1 fully saturated rings. The summed E-state index contributed by atoms with van der Waals surface area (Å²) < 4.78 is 10.5. The van der Waals surface area contributed by atoms with Crippen molar-refractivity contribution in [3.8, 4) is 0 Å². The van der Waals surface area contributed by atoms with Gasteiger partial charge in [-0.25, -0.2) is 9.69 Å². The molecule has 0 unspecified atom stereocenters. The van der Waals surface area contributed by atoms with Gasteiger partial charge < -0.3 is 9.47 Å². The number of rotatable bonds is 6. The second-order valence-electron chi connectivity index (χ2n) is 5.61. The molecule has 1 aliphatic heterocycles. The lowest BCUT2D eigenvalue weighted by Crippen LogP contribution is -2.32. The van der Waals surface area contributed by atoms with Gasteiger partial charge in [0.15, 0.2) is 0 Å².